The molecule has 106 valence electrons. The largest absolute Gasteiger partial charge is 0.392 e. The van der Waals surface area contributed by atoms with Gasteiger partial charge in [-0.25, -0.2) is 0 Å². The van der Waals surface area contributed by atoms with Crippen molar-refractivity contribution in [3.63, 3.8) is 0 Å². The summed E-state index contributed by atoms with van der Waals surface area (Å²) in [5.74, 6) is 1.55. The van der Waals surface area contributed by atoms with E-state index in [9.17, 15) is 4.79 Å². The Hall–Kier alpha value is -1.35. The first kappa shape index (κ1) is 15.7. The Morgan fingerprint density at radius 2 is 1.63 bits per heavy atom. The lowest BCUT2D eigenvalue weighted by molar-refractivity contribution is 0.0937. The van der Waals surface area contributed by atoms with Gasteiger partial charge in [-0.15, -0.1) is 0 Å². The summed E-state index contributed by atoms with van der Waals surface area (Å²) in [7, 11) is 0. The topological polar surface area (TPSA) is 49.3 Å². The first-order chi connectivity index (χ1) is 8.95. The van der Waals surface area contributed by atoms with Gasteiger partial charge >= 0.3 is 0 Å². The molecule has 0 aliphatic rings. The molecule has 0 bridgehead atoms. The molecule has 0 aliphatic carbocycles. The summed E-state index contributed by atoms with van der Waals surface area (Å²) in [5, 5.41) is 12.0. The van der Waals surface area contributed by atoms with Gasteiger partial charge in [-0.3, -0.25) is 4.79 Å². The quantitative estimate of drug-likeness (QED) is 0.829. The molecule has 0 spiro atoms. The summed E-state index contributed by atoms with van der Waals surface area (Å²) < 4.78 is 0. The third-order valence-corrected chi connectivity index (χ3v) is 3.61. The molecule has 1 amide bonds. The fourth-order valence-corrected chi connectivity index (χ4v) is 2.32. The maximum atomic E-state index is 12.0. The second-order valence-electron chi connectivity index (χ2n) is 5.72. The summed E-state index contributed by atoms with van der Waals surface area (Å²) in [4.78, 5) is 12.0. The van der Waals surface area contributed by atoms with E-state index in [1.165, 1.54) is 0 Å². The van der Waals surface area contributed by atoms with E-state index >= 15 is 0 Å². The molecule has 3 nitrogen and oxygen atoms in total. The molecule has 0 radical (unpaired) electrons. The van der Waals surface area contributed by atoms with Gasteiger partial charge in [0.15, 0.2) is 0 Å². The van der Waals surface area contributed by atoms with Crippen molar-refractivity contribution >= 4 is 5.91 Å². The van der Waals surface area contributed by atoms with Crippen molar-refractivity contribution in [2.45, 2.75) is 34.3 Å². The molecule has 0 aromatic heterocycles. The highest BCUT2D eigenvalue weighted by Gasteiger charge is 2.18. The Balaban J connectivity index is 2.58. The Kier molecular flexibility index (Phi) is 6.03. The zero-order valence-corrected chi connectivity index (χ0v) is 12.3. The van der Waals surface area contributed by atoms with Gasteiger partial charge in [-0.05, 0) is 35.4 Å². The van der Waals surface area contributed by atoms with Crippen LogP contribution in [0.25, 0.3) is 0 Å². The van der Waals surface area contributed by atoms with Crippen molar-refractivity contribution < 1.29 is 9.90 Å². The van der Waals surface area contributed by atoms with E-state index in [1.807, 2.05) is 0 Å². The molecule has 0 aliphatic heterocycles. The second-order valence-corrected chi connectivity index (χ2v) is 5.72. The van der Waals surface area contributed by atoms with Gasteiger partial charge < -0.3 is 10.4 Å². The van der Waals surface area contributed by atoms with E-state index in [4.69, 9.17) is 5.11 Å². The summed E-state index contributed by atoms with van der Waals surface area (Å²) in [5.41, 5.74) is 1.46. The number of carbonyl (C=O) groups is 1. The molecule has 1 aromatic carbocycles. The molecular weight excluding hydrogens is 238 g/mol. The number of hydrogen-bond acceptors (Lipinski definition) is 2. The average molecular weight is 263 g/mol. The third kappa shape index (κ3) is 4.67. The van der Waals surface area contributed by atoms with Crippen LogP contribution in [0.15, 0.2) is 24.3 Å². The van der Waals surface area contributed by atoms with E-state index in [1.54, 1.807) is 24.3 Å². The molecular formula is C16H25NO2. The fraction of sp³-hybridized carbons (Fsp3) is 0.562. The lowest BCUT2D eigenvalue weighted by Crippen LogP contribution is -2.33. The van der Waals surface area contributed by atoms with Crippen LogP contribution < -0.4 is 5.32 Å². The minimum atomic E-state index is -0.0456. The summed E-state index contributed by atoms with van der Waals surface area (Å²) in [6.07, 6.45) is 0. The zero-order chi connectivity index (χ0) is 14.4. The van der Waals surface area contributed by atoms with Crippen LogP contribution >= 0.6 is 0 Å². The first-order valence-corrected chi connectivity index (χ1v) is 6.93. The summed E-state index contributed by atoms with van der Waals surface area (Å²) >= 11 is 0. The highest BCUT2D eigenvalue weighted by atomic mass is 16.3. The van der Waals surface area contributed by atoms with Crippen LogP contribution in [0.5, 0.6) is 0 Å². The van der Waals surface area contributed by atoms with Crippen LogP contribution in [0.3, 0.4) is 0 Å². The molecule has 0 heterocycles. The predicted octanol–water partition coefficient (Wildman–Crippen LogP) is 2.84. The molecule has 2 N–H and O–H groups in total. The van der Waals surface area contributed by atoms with Crippen LogP contribution in [-0.4, -0.2) is 17.6 Å². The van der Waals surface area contributed by atoms with Crippen LogP contribution in [0.4, 0.5) is 0 Å². The van der Waals surface area contributed by atoms with E-state index in [0.29, 0.717) is 29.9 Å². The molecule has 0 fully saturated rings. The SMILES string of the molecule is CC(C)C(CNC(=O)c1ccc(CO)cc1)C(C)C. The minimum Gasteiger partial charge on any atom is -0.392 e. The van der Waals surface area contributed by atoms with Crippen molar-refractivity contribution in [3.05, 3.63) is 35.4 Å². The molecule has 1 aromatic rings. The lowest BCUT2D eigenvalue weighted by Gasteiger charge is -2.25. The number of aliphatic hydroxyl groups excluding tert-OH is 1. The van der Waals surface area contributed by atoms with Crippen LogP contribution in [-0.2, 0) is 6.61 Å². The molecule has 1 rings (SSSR count). The van der Waals surface area contributed by atoms with Gasteiger partial charge in [0, 0.05) is 12.1 Å². The average Bonchev–Trinajstić information content (AvgIpc) is 2.38. The van der Waals surface area contributed by atoms with Crippen LogP contribution in [0.1, 0.15) is 43.6 Å². The van der Waals surface area contributed by atoms with Crippen LogP contribution in [0.2, 0.25) is 0 Å². The number of benzene rings is 1. The number of carbonyl (C=O) groups excluding carboxylic acids is 1. The van der Waals surface area contributed by atoms with Gasteiger partial charge in [-0.1, -0.05) is 39.8 Å². The smallest absolute Gasteiger partial charge is 0.251 e. The molecule has 19 heavy (non-hydrogen) atoms. The number of hydrogen-bond donors (Lipinski definition) is 2. The van der Waals surface area contributed by atoms with Gasteiger partial charge in [-0.2, -0.15) is 0 Å². The predicted molar refractivity (Wildman–Crippen MR) is 77.9 cm³/mol. The monoisotopic (exact) mass is 263 g/mol. The molecule has 0 saturated carbocycles. The number of rotatable bonds is 6. The van der Waals surface area contributed by atoms with E-state index in [0.717, 1.165) is 5.56 Å². The van der Waals surface area contributed by atoms with Crippen LogP contribution in [0, 0.1) is 17.8 Å². The van der Waals surface area contributed by atoms with Gasteiger partial charge in [0.1, 0.15) is 0 Å². The summed E-state index contributed by atoms with van der Waals surface area (Å²) in [6.45, 7) is 9.46. The molecule has 0 unspecified atom stereocenters. The maximum Gasteiger partial charge on any atom is 0.251 e. The lowest BCUT2D eigenvalue weighted by atomic mass is 9.85. The summed E-state index contributed by atoms with van der Waals surface area (Å²) in [6, 6.07) is 7.05. The van der Waals surface area contributed by atoms with E-state index in [-0.39, 0.29) is 12.5 Å². The van der Waals surface area contributed by atoms with E-state index in [2.05, 4.69) is 33.0 Å². The van der Waals surface area contributed by atoms with Gasteiger partial charge in [0.2, 0.25) is 0 Å². The standard InChI is InChI=1S/C16H25NO2/c1-11(2)15(12(3)4)9-17-16(19)14-7-5-13(10-18)6-8-14/h5-8,11-12,15,18H,9-10H2,1-4H3,(H,17,19). The second kappa shape index (κ2) is 7.29. The highest BCUT2D eigenvalue weighted by molar-refractivity contribution is 5.94. The van der Waals surface area contributed by atoms with Crippen molar-refractivity contribution in [1.29, 1.82) is 0 Å². The van der Waals surface area contributed by atoms with Gasteiger partial charge in [0.25, 0.3) is 5.91 Å². The number of aliphatic hydroxyl groups is 1. The highest BCUT2D eigenvalue weighted by Crippen LogP contribution is 2.19. The Morgan fingerprint density at radius 1 is 1.11 bits per heavy atom. The zero-order valence-electron chi connectivity index (χ0n) is 12.3. The Labute approximate surface area is 116 Å². The maximum absolute atomic E-state index is 12.0. The molecule has 3 heteroatoms. The molecule has 0 atom stereocenters. The minimum absolute atomic E-state index is 0.00463. The van der Waals surface area contributed by atoms with Crippen molar-refractivity contribution in [1.82, 2.24) is 5.32 Å². The fourth-order valence-electron chi connectivity index (χ4n) is 2.32. The number of nitrogens with one attached hydrogen (secondary N) is 1. The Morgan fingerprint density at radius 3 is 2.05 bits per heavy atom. The number of amides is 1. The molecule has 0 saturated heterocycles. The van der Waals surface area contributed by atoms with Crippen molar-refractivity contribution in [3.8, 4) is 0 Å². The van der Waals surface area contributed by atoms with Crippen molar-refractivity contribution in [2.75, 3.05) is 6.54 Å². The normalized spacial score (nSPS) is 11.4. The third-order valence-electron chi connectivity index (χ3n) is 3.61. The van der Waals surface area contributed by atoms with Gasteiger partial charge in [0.05, 0.1) is 6.61 Å². The van der Waals surface area contributed by atoms with E-state index < -0.39 is 0 Å². The first-order valence-electron chi connectivity index (χ1n) is 6.93. The Bertz CT molecular complexity index is 388. The van der Waals surface area contributed by atoms with Crippen molar-refractivity contribution in [2.24, 2.45) is 17.8 Å².